The first-order chi connectivity index (χ1) is 5.38. The third kappa shape index (κ3) is 1.11. The maximum atomic E-state index is 4.41. The van der Waals surface area contributed by atoms with Crippen LogP contribution in [0.2, 0.25) is 0 Å². The molecule has 0 N–H and O–H groups in total. The predicted octanol–water partition coefficient (Wildman–Crippen LogP) is 0.507. The van der Waals surface area contributed by atoms with Gasteiger partial charge >= 0.3 is 0 Å². The molecule has 3 heteroatoms. The maximum Gasteiger partial charge on any atom is 0.200 e. The number of hydrogen-bond acceptors (Lipinski definition) is 3. The molecule has 1 saturated heterocycles. The first-order valence-electron chi connectivity index (χ1n) is 4.07. The molecule has 60 valence electrons. The third-order valence-corrected chi connectivity index (χ3v) is 2.11. The normalized spacial score (nSPS) is 23.2. The van der Waals surface area contributed by atoms with Crippen molar-refractivity contribution in [3.8, 4) is 0 Å². The van der Waals surface area contributed by atoms with Gasteiger partial charge in [-0.05, 0) is 12.5 Å². The van der Waals surface area contributed by atoms with Crippen LogP contribution >= 0.6 is 0 Å². The van der Waals surface area contributed by atoms with E-state index in [0.717, 1.165) is 25.6 Å². The molecule has 3 nitrogen and oxygen atoms in total. The van der Waals surface area contributed by atoms with Gasteiger partial charge < -0.3 is 9.80 Å². The van der Waals surface area contributed by atoms with Crippen molar-refractivity contribution in [2.24, 2.45) is 4.99 Å². The fraction of sp³-hybridized carbons (Fsp3) is 0.625. The highest BCUT2D eigenvalue weighted by molar-refractivity contribution is 5.82. The molecule has 2 rings (SSSR count). The van der Waals surface area contributed by atoms with E-state index in [1.54, 1.807) is 0 Å². The van der Waals surface area contributed by atoms with Gasteiger partial charge in [-0.3, -0.25) is 0 Å². The summed E-state index contributed by atoms with van der Waals surface area (Å²) in [5, 5.41) is 0. The van der Waals surface area contributed by atoms with Crippen LogP contribution in [0.3, 0.4) is 0 Å². The van der Waals surface area contributed by atoms with E-state index in [1.165, 1.54) is 6.42 Å². The Hall–Kier alpha value is -0.990. The van der Waals surface area contributed by atoms with Gasteiger partial charge in [-0.25, -0.2) is 4.99 Å². The van der Waals surface area contributed by atoms with Crippen LogP contribution < -0.4 is 0 Å². The number of fused-ring (bicyclic) bond motifs is 1. The van der Waals surface area contributed by atoms with E-state index in [9.17, 15) is 0 Å². The molecule has 0 amide bonds. The summed E-state index contributed by atoms with van der Waals surface area (Å²) < 4.78 is 0. The second kappa shape index (κ2) is 2.57. The Kier molecular flexibility index (Phi) is 1.56. The molecule has 2 aliphatic heterocycles. The van der Waals surface area contributed by atoms with Crippen molar-refractivity contribution in [2.45, 2.75) is 6.42 Å². The van der Waals surface area contributed by atoms with Gasteiger partial charge in [0.05, 0.1) is 6.54 Å². The van der Waals surface area contributed by atoms with Crippen molar-refractivity contribution in [3.63, 3.8) is 0 Å². The molecule has 0 saturated carbocycles. The molecule has 0 aromatic heterocycles. The topological polar surface area (TPSA) is 18.8 Å². The standard InChI is InChI=1S/C8H13N3/c1-10-5-3-7-11-6-2-4-9-8(10)11/h2,6H,3-5,7H2,1H3. The van der Waals surface area contributed by atoms with Crippen LogP contribution in [0.4, 0.5) is 0 Å². The zero-order chi connectivity index (χ0) is 7.68. The lowest BCUT2D eigenvalue weighted by atomic mass is 10.3. The summed E-state index contributed by atoms with van der Waals surface area (Å²) in [6, 6.07) is 0. The highest BCUT2D eigenvalue weighted by atomic mass is 15.4. The van der Waals surface area contributed by atoms with E-state index in [-0.39, 0.29) is 0 Å². The van der Waals surface area contributed by atoms with Crippen molar-refractivity contribution in [2.75, 3.05) is 26.7 Å². The van der Waals surface area contributed by atoms with Gasteiger partial charge in [0.15, 0.2) is 0 Å². The van der Waals surface area contributed by atoms with Gasteiger partial charge in [0, 0.05) is 26.3 Å². The van der Waals surface area contributed by atoms with Crippen molar-refractivity contribution in [1.82, 2.24) is 9.80 Å². The number of aliphatic imine (C=N–C) groups is 1. The zero-order valence-corrected chi connectivity index (χ0v) is 6.82. The minimum Gasteiger partial charge on any atom is -0.346 e. The van der Waals surface area contributed by atoms with Crippen molar-refractivity contribution < 1.29 is 0 Å². The molecule has 0 aliphatic carbocycles. The van der Waals surface area contributed by atoms with Crippen LogP contribution in [-0.2, 0) is 0 Å². The number of hydrogen-bond donors (Lipinski definition) is 0. The third-order valence-electron chi connectivity index (χ3n) is 2.11. The van der Waals surface area contributed by atoms with Crippen molar-refractivity contribution in [3.05, 3.63) is 12.3 Å². The second-order valence-corrected chi connectivity index (χ2v) is 2.99. The predicted molar refractivity (Wildman–Crippen MR) is 45.4 cm³/mol. The summed E-state index contributed by atoms with van der Waals surface area (Å²) in [5.41, 5.74) is 0. The quantitative estimate of drug-likeness (QED) is 0.502. The van der Waals surface area contributed by atoms with Gasteiger partial charge in [-0.15, -0.1) is 0 Å². The molecule has 0 bridgehead atoms. The smallest absolute Gasteiger partial charge is 0.200 e. The summed E-state index contributed by atoms with van der Waals surface area (Å²) in [6.07, 6.45) is 5.47. The van der Waals surface area contributed by atoms with E-state index >= 15 is 0 Å². The summed E-state index contributed by atoms with van der Waals surface area (Å²) in [7, 11) is 2.10. The van der Waals surface area contributed by atoms with Crippen LogP contribution in [0.15, 0.2) is 17.3 Å². The first-order valence-corrected chi connectivity index (χ1v) is 4.07. The van der Waals surface area contributed by atoms with E-state index in [1.807, 2.05) is 0 Å². The summed E-state index contributed by atoms with van der Waals surface area (Å²) >= 11 is 0. The molecule has 0 aromatic rings. The molecule has 0 atom stereocenters. The molecular formula is C8H13N3. The Bertz CT molecular complexity index is 207. The van der Waals surface area contributed by atoms with Gasteiger partial charge in [0.25, 0.3) is 0 Å². The van der Waals surface area contributed by atoms with Crippen LogP contribution in [0.25, 0.3) is 0 Å². The minimum atomic E-state index is 0.843. The Morgan fingerprint density at radius 2 is 2.36 bits per heavy atom. The Balaban J connectivity index is 2.18. The Morgan fingerprint density at radius 3 is 3.18 bits per heavy atom. The molecule has 2 heterocycles. The van der Waals surface area contributed by atoms with Gasteiger partial charge in [0.2, 0.25) is 5.96 Å². The van der Waals surface area contributed by atoms with E-state index < -0.39 is 0 Å². The molecule has 2 aliphatic rings. The molecule has 11 heavy (non-hydrogen) atoms. The average molecular weight is 151 g/mol. The SMILES string of the molecule is CN1CCCN2C=CCN=C12. The lowest BCUT2D eigenvalue weighted by Crippen LogP contribution is -2.46. The second-order valence-electron chi connectivity index (χ2n) is 2.99. The first kappa shape index (κ1) is 6.70. The summed E-state index contributed by atoms with van der Waals surface area (Å²) in [6.45, 7) is 3.11. The van der Waals surface area contributed by atoms with Crippen molar-refractivity contribution >= 4 is 5.96 Å². The van der Waals surface area contributed by atoms with E-state index in [0.29, 0.717) is 0 Å². The molecular weight excluding hydrogens is 138 g/mol. The van der Waals surface area contributed by atoms with Crippen LogP contribution in [0.5, 0.6) is 0 Å². The monoisotopic (exact) mass is 151 g/mol. The number of guanidine groups is 1. The largest absolute Gasteiger partial charge is 0.346 e. The molecule has 0 aromatic carbocycles. The van der Waals surface area contributed by atoms with Gasteiger partial charge in [0.1, 0.15) is 0 Å². The van der Waals surface area contributed by atoms with E-state index in [4.69, 9.17) is 0 Å². The van der Waals surface area contributed by atoms with Crippen molar-refractivity contribution in [1.29, 1.82) is 0 Å². The van der Waals surface area contributed by atoms with E-state index in [2.05, 4.69) is 34.1 Å². The molecule has 0 radical (unpaired) electrons. The van der Waals surface area contributed by atoms with Crippen LogP contribution in [0, 0.1) is 0 Å². The fourth-order valence-corrected chi connectivity index (χ4v) is 1.56. The lowest BCUT2D eigenvalue weighted by Gasteiger charge is -2.36. The number of rotatable bonds is 0. The molecule has 1 fully saturated rings. The molecule has 0 unspecified atom stereocenters. The number of nitrogens with zero attached hydrogens (tertiary/aromatic N) is 3. The minimum absolute atomic E-state index is 0.843. The Labute approximate surface area is 67.0 Å². The maximum absolute atomic E-state index is 4.41. The Morgan fingerprint density at radius 1 is 1.45 bits per heavy atom. The fourth-order valence-electron chi connectivity index (χ4n) is 1.56. The van der Waals surface area contributed by atoms with Crippen LogP contribution in [0.1, 0.15) is 6.42 Å². The zero-order valence-electron chi connectivity index (χ0n) is 6.82. The molecule has 0 spiro atoms. The highest BCUT2D eigenvalue weighted by Crippen LogP contribution is 2.10. The van der Waals surface area contributed by atoms with Crippen LogP contribution in [-0.4, -0.2) is 42.4 Å². The highest BCUT2D eigenvalue weighted by Gasteiger charge is 2.19. The van der Waals surface area contributed by atoms with Gasteiger partial charge in [-0.1, -0.05) is 0 Å². The lowest BCUT2D eigenvalue weighted by molar-refractivity contribution is 0.333. The van der Waals surface area contributed by atoms with Gasteiger partial charge in [-0.2, -0.15) is 0 Å². The summed E-state index contributed by atoms with van der Waals surface area (Å²) in [4.78, 5) is 8.84. The summed E-state index contributed by atoms with van der Waals surface area (Å²) in [5.74, 6) is 1.14. The average Bonchev–Trinajstić information content (AvgIpc) is 2.06.